The molecule has 0 saturated carbocycles. The van der Waals surface area contributed by atoms with Gasteiger partial charge in [0.15, 0.2) is 0 Å². The summed E-state index contributed by atoms with van der Waals surface area (Å²) >= 11 is 0. The quantitative estimate of drug-likeness (QED) is 0.622. The second-order valence-corrected chi connectivity index (χ2v) is 1.41. The molecule has 0 fully saturated rings. The summed E-state index contributed by atoms with van der Waals surface area (Å²) in [5.74, 6) is -1.66. The lowest BCUT2D eigenvalue weighted by Crippen LogP contribution is -1.88. The molecule has 0 aromatic rings. The Kier molecular flexibility index (Phi) is 22.7. The Morgan fingerprint density at radius 1 is 1.33 bits per heavy atom. The Morgan fingerprint density at radius 3 is 1.58 bits per heavy atom. The SMILES string of the molecule is C=C.C=CCC(=O)O.CC(=O)O. The zero-order chi connectivity index (χ0) is 10.6. The Labute approximate surface area is 71.8 Å². The molecule has 0 amide bonds. The highest BCUT2D eigenvalue weighted by molar-refractivity contribution is 5.68. The maximum atomic E-state index is 9.53. The highest BCUT2D eigenvalue weighted by Crippen LogP contribution is 1.74. The van der Waals surface area contributed by atoms with E-state index in [0.717, 1.165) is 6.92 Å². The first-order chi connectivity index (χ1) is 5.50. The van der Waals surface area contributed by atoms with Crippen LogP contribution in [0.25, 0.3) is 0 Å². The summed E-state index contributed by atoms with van der Waals surface area (Å²) in [5, 5.41) is 15.3. The topological polar surface area (TPSA) is 74.6 Å². The lowest BCUT2D eigenvalue weighted by molar-refractivity contribution is -0.136. The predicted octanol–water partition coefficient (Wildman–Crippen LogP) is 1.54. The minimum absolute atomic E-state index is 0.0556. The van der Waals surface area contributed by atoms with Crippen LogP contribution < -0.4 is 0 Å². The summed E-state index contributed by atoms with van der Waals surface area (Å²) in [6, 6.07) is 0. The van der Waals surface area contributed by atoms with E-state index in [9.17, 15) is 4.79 Å². The van der Waals surface area contributed by atoms with Crippen LogP contribution in [0.4, 0.5) is 0 Å². The Balaban J connectivity index is -0.000000118. The van der Waals surface area contributed by atoms with E-state index >= 15 is 0 Å². The third-order valence-corrected chi connectivity index (χ3v) is 0.319. The van der Waals surface area contributed by atoms with Crippen molar-refractivity contribution in [2.24, 2.45) is 0 Å². The minimum Gasteiger partial charge on any atom is -0.481 e. The molecule has 4 heteroatoms. The molecule has 0 radical (unpaired) electrons. The van der Waals surface area contributed by atoms with Gasteiger partial charge in [0, 0.05) is 6.92 Å². The zero-order valence-corrected chi connectivity index (χ0v) is 7.12. The standard InChI is InChI=1S/C4H6O2.C2H4O2.C2H4/c1-2-3-4(5)6;1-2(3)4;1-2/h2H,1,3H2,(H,5,6);1H3,(H,3,4);1-2H2. The number of carbonyl (C=O) groups is 2. The summed E-state index contributed by atoms with van der Waals surface area (Å²) in [7, 11) is 0. The summed E-state index contributed by atoms with van der Waals surface area (Å²) in [6.45, 7) is 10.3. The van der Waals surface area contributed by atoms with Gasteiger partial charge in [0.05, 0.1) is 6.42 Å². The highest BCUT2D eigenvalue weighted by atomic mass is 16.4. The Bertz CT molecular complexity index is 136. The molecule has 0 spiro atoms. The van der Waals surface area contributed by atoms with E-state index in [4.69, 9.17) is 15.0 Å². The summed E-state index contributed by atoms with van der Waals surface area (Å²) in [5.41, 5.74) is 0. The van der Waals surface area contributed by atoms with E-state index in [1.54, 1.807) is 0 Å². The third-order valence-electron chi connectivity index (χ3n) is 0.319. The molecule has 0 aliphatic carbocycles. The maximum Gasteiger partial charge on any atom is 0.307 e. The largest absolute Gasteiger partial charge is 0.481 e. The monoisotopic (exact) mass is 174 g/mol. The number of aliphatic carboxylic acids is 2. The minimum atomic E-state index is -0.833. The van der Waals surface area contributed by atoms with Crippen molar-refractivity contribution in [1.29, 1.82) is 0 Å². The van der Waals surface area contributed by atoms with Gasteiger partial charge in [-0.25, -0.2) is 0 Å². The summed E-state index contributed by atoms with van der Waals surface area (Å²) < 4.78 is 0. The number of carboxylic acids is 2. The van der Waals surface area contributed by atoms with Gasteiger partial charge in [0.1, 0.15) is 0 Å². The fourth-order valence-corrected chi connectivity index (χ4v) is 0.123. The molecule has 0 saturated heterocycles. The fraction of sp³-hybridized carbons (Fsp3) is 0.250. The molecule has 0 aromatic heterocycles. The van der Waals surface area contributed by atoms with Crippen molar-refractivity contribution in [3.05, 3.63) is 25.8 Å². The van der Waals surface area contributed by atoms with Crippen LogP contribution in [0.3, 0.4) is 0 Å². The normalized spacial score (nSPS) is 6.08. The first-order valence-electron chi connectivity index (χ1n) is 3.03. The average molecular weight is 174 g/mol. The molecule has 70 valence electrons. The van der Waals surface area contributed by atoms with E-state index in [1.165, 1.54) is 6.08 Å². The number of carboxylic acid groups (broad SMARTS) is 2. The third kappa shape index (κ3) is 230. The molecule has 0 aromatic carbocycles. The Morgan fingerprint density at radius 2 is 1.58 bits per heavy atom. The highest BCUT2D eigenvalue weighted by Gasteiger charge is 1.84. The van der Waals surface area contributed by atoms with Crippen LogP contribution in [-0.4, -0.2) is 22.2 Å². The first-order valence-corrected chi connectivity index (χ1v) is 3.03. The van der Waals surface area contributed by atoms with Crippen molar-refractivity contribution in [1.82, 2.24) is 0 Å². The second-order valence-electron chi connectivity index (χ2n) is 1.41. The van der Waals surface area contributed by atoms with E-state index in [1.807, 2.05) is 0 Å². The number of rotatable bonds is 2. The van der Waals surface area contributed by atoms with Crippen molar-refractivity contribution in [2.75, 3.05) is 0 Å². The van der Waals surface area contributed by atoms with Crippen molar-refractivity contribution in [2.45, 2.75) is 13.3 Å². The zero-order valence-electron chi connectivity index (χ0n) is 7.12. The van der Waals surface area contributed by atoms with Crippen LogP contribution in [0.2, 0.25) is 0 Å². The van der Waals surface area contributed by atoms with Gasteiger partial charge in [-0.05, 0) is 0 Å². The van der Waals surface area contributed by atoms with E-state index in [0.29, 0.717) is 0 Å². The number of hydrogen-bond donors (Lipinski definition) is 2. The molecule has 0 rings (SSSR count). The summed E-state index contributed by atoms with van der Waals surface area (Å²) in [6.07, 6.45) is 1.41. The maximum absolute atomic E-state index is 9.53. The van der Waals surface area contributed by atoms with Crippen LogP contribution in [0, 0.1) is 0 Å². The smallest absolute Gasteiger partial charge is 0.307 e. The molecular formula is C8H14O4. The van der Waals surface area contributed by atoms with Gasteiger partial charge >= 0.3 is 5.97 Å². The molecule has 0 unspecified atom stereocenters. The molecule has 2 N–H and O–H groups in total. The van der Waals surface area contributed by atoms with Gasteiger partial charge in [-0.15, -0.1) is 19.7 Å². The molecule has 0 bridgehead atoms. The second kappa shape index (κ2) is 16.2. The van der Waals surface area contributed by atoms with Gasteiger partial charge in [-0.2, -0.15) is 0 Å². The number of hydrogen-bond acceptors (Lipinski definition) is 2. The van der Waals surface area contributed by atoms with Crippen LogP contribution in [0.1, 0.15) is 13.3 Å². The van der Waals surface area contributed by atoms with Crippen molar-refractivity contribution in [3.8, 4) is 0 Å². The van der Waals surface area contributed by atoms with Crippen LogP contribution in [0.5, 0.6) is 0 Å². The first kappa shape index (κ1) is 16.8. The molecular weight excluding hydrogens is 160 g/mol. The molecule has 0 heterocycles. The molecule has 0 atom stereocenters. The fourth-order valence-electron chi connectivity index (χ4n) is 0.123. The van der Waals surface area contributed by atoms with Crippen LogP contribution >= 0.6 is 0 Å². The van der Waals surface area contributed by atoms with Gasteiger partial charge in [0.2, 0.25) is 0 Å². The average Bonchev–Trinajstić information content (AvgIpc) is 1.90. The van der Waals surface area contributed by atoms with Crippen LogP contribution in [0.15, 0.2) is 25.8 Å². The van der Waals surface area contributed by atoms with Crippen molar-refractivity contribution >= 4 is 11.9 Å². The molecule has 0 aliphatic heterocycles. The van der Waals surface area contributed by atoms with Gasteiger partial charge in [-0.3, -0.25) is 9.59 Å². The van der Waals surface area contributed by atoms with E-state index in [-0.39, 0.29) is 6.42 Å². The molecule has 0 aliphatic rings. The Hall–Kier alpha value is -1.58. The lowest BCUT2D eigenvalue weighted by atomic mass is 10.4. The van der Waals surface area contributed by atoms with Crippen LogP contribution in [-0.2, 0) is 9.59 Å². The predicted molar refractivity (Wildman–Crippen MR) is 47.0 cm³/mol. The van der Waals surface area contributed by atoms with E-state index < -0.39 is 11.9 Å². The van der Waals surface area contributed by atoms with Crippen molar-refractivity contribution < 1.29 is 19.8 Å². The van der Waals surface area contributed by atoms with Gasteiger partial charge in [-0.1, -0.05) is 6.08 Å². The van der Waals surface area contributed by atoms with Gasteiger partial charge in [0.25, 0.3) is 5.97 Å². The van der Waals surface area contributed by atoms with Crippen molar-refractivity contribution in [3.63, 3.8) is 0 Å². The molecule has 4 nitrogen and oxygen atoms in total. The van der Waals surface area contributed by atoms with Gasteiger partial charge < -0.3 is 10.2 Å². The lowest BCUT2D eigenvalue weighted by Gasteiger charge is -1.75. The molecule has 12 heavy (non-hydrogen) atoms. The summed E-state index contributed by atoms with van der Waals surface area (Å²) in [4.78, 5) is 18.5. The van der Waals surface area contributed by atoms with E-state index in [2.05, 4.69) is 19.7 Å².